The molecule has 0 aliphatic heterocycles. The molecule has 0 saturated carbocycles. The number of amides is 2. The highest BCUT2D eigenvalue weighted by molar-refractivity contribution is 5.73. The van der Waals surface area contributed by atoms with Crippen LogP contribution in [0.2, 0.25) is 0 Å². The number of hydrogen-bond donors (Lipinski definition) is 3. The SMILES string of the molecule is CCCCNC(=O)NCCCC(C)N. The number of rotatable bonds is 7. The van der Waals surface area contributed by atoms with Gasteiger partial charge in [0.05, 0.1) is 0 Å². The molecule has 1 atom stereocenters. The molecule has 0 radical (unpaired) electrons. The highest BCUT2D eigenvalue weighted by atomic mass is 16.2. The van der Waals surface area contributed by atoms with Crippen molar-refractivity contribution in [2.45, 2.75) is 45.6 Å². The van der Waals surface area contributed by atoms with Crippen LogP contribution < -0.4 is 16.4 Å². The van der Waals surface area contributed by atoms with E-state index in [2.05, 4.69) is 17.6 Å². The zero-order valence-electron chi connectivity index (χ0n) is 9.31. The maximum absolute atomic E-state index is 11.1. The Morgan fingerprint density at radius 2 is 1.86 bits per heavy atom. The molecule has 4 N–H and O–H groups in total. The molecule has 0 heterocycles. The fourth-order valence-electron chi connectivity index (χ4n) is 1.07. The standard InChI is InChI=1S/C10H23N3O/c1-3-4-7-12-10(14)13-8-5-6-9(2)11/h9H,3-8,11H2,1-2H3,(H2,12,13,14). The molecule has 0 bridgehead atoms. The minimum absolute atomic E-state index is 0.0666. The van der Waals surface area contributed by atoms with Crippen molar-refractivity contribution in [3.05, 3.63) is 0 Å². The smallest absolute Gasteiger partial charge is 0.314 e. The summed E-state index contributed by atoms with van der Waals surface area (Å²) >= 11 is 0. The molecule has 0 aromatic rings. The quantitative estimate of drug-likeness (QED) is 0.542. The Kier molecular flexibility index (Phi) is 8.33. The van der Waals surface area contributed by atoms with Gasteiger partial charge in [-0.25, -0.2) is 4.79 Å². The van der Waals surface area contributed by atoms with Crippen LogP contribution in [-0.4, -0.2) is 25.2 Å². The molecule has 0 aliphatic rings. The van der Waals surface area contributed by atoms with Gasteiger partial charge in [0.2, 0.25) is 0 Å². The van der Waals surface area contributed by atoms with Crippen molar-refractivity contribution in [1.29, 1.82) is 0 Å². The van der Waals surface area contributed by atoms with Gasteiger partial charge in [-0.3, -0.25) is 0 Å². The van der Waals surface area contributed by atoms with Crippen LogP contribution >= 0.6 is 0 Å². The normalized spacial score (nSPS) is 12.2. The van der Waals surface area contributed by atoms with Gasteiger partial charge in [0.1, 0.15) is 0 Å². The summed E-state index contributed by atoms with van der Waals surface area (Å²) < 4.78 is 0. The number of carbonyl (C=O) groups excluding carboxylic acids is 1. The number of carbonyl (C=O) groups is 1. The average Bonchev–Trinajstić information content (AvgIpc) is 2.13. The van der Waals surface area contributed by atoms with Crippen molar-refractivity contribution in [2.75, 3.05) is 13.1 Å². The zero-order valence-corrected chi connectivity index (χ0v) is 9.31. The fourth-order valence-corrected chi connectivity index (χ4v) is 1.07. The fraction of sp³-hybridized carbons (Fsp3) is 0.900. The molecule has 1 unspecified atom stereocenters. The molecule has 0 saturated heterocycles. The van der Waals surface area contributed by atoms with Crippen LogP contribution in [-0.2, 0) is 0 Å². The molecule has 0 aliphatic carbocycles. The molecule has 0 aromatic heterocycles. The predicted octanol–water partition coefficient (Wildman–Crippen LogP) is 1.21. The highest BCUT2D eigenvalue weighted by Gasteiger charge is 1.98. The van der Waals surface area contributed by atoms with Gasteiger partial charge in [-0.1, -0.05) is 13.3 Å². The van der Waals surface area contributed by atoms with Crippen molar-refractivity contribution in [3.63, 3.8) is 0 Å². The summed E-state index contributed by atoms with van der Waals surface area (Å²) in [5.74, 6) is 0. The molecule has 0 rings (SSSR count). The number of urea groups is 1. The Bertz CT molecular complexity index is 148. The lowest BCUT2D eigenvalue weighted by atomic mass is 10.2. The summed E-state index contributed by atoms with van der Waals surface area (Å²) in [5.41, 5.74) is 5.58. The molecule has 0 fully saturated rings. The molecular weight excluding hydrogens is 178 g/mol. The third-order valence-electron chi connectivity index (χ3n) is 1.94. The Balaban J connectivity index is 3.18. The van der Waals surface area contributed by atoms with E-state index >= 15 is 0 Å². The number of nitrogens with one attached hydrogen (secondary N) is 2. The van der Waals surface area contributed by atoms with E-state index in [0.29, 0.717) is 6.54 Å². The molecule has 0 spiro atoms. The third-order valence-corrected chi connectivity index (χ3v) is 1.94. The van der Waals surface area contributed by atoms with Crippen molar-refractivity contribution in [2.24, 2.45) is 5.73 Å². The van der Waals surface area contributed by atoms with E-state index in [9.17, 15) is 4.79 Å². The van der Waals surface area contributed by atoms with Crippen LogP contribution in [0, 0.1) is 0 Å². The average molecular weight is 201 g/mol. The van der Waals surface area contributed by atoms with Gasteiger partial charge in [0, 0.05) is 19.1 Å². The lowest BCUT2D eigenvalue weighted by Crippen LogP contribution is -2.36. The summed E-state index contributed by atoms with van der Waals surface area (Å²) in [7, 11) is 0. The topological polar surface area (TPSA) is 67.2 Å². The van der Waals surface area contributed by atoms with Crippen LogP contribution in [0.25, 0.3) is 0 Å². The minimum atomic E-state index is -0.0666. The maximum atomic E-state index is 11.1. The van der Waals surface area contributed by atoms with Gasteiger partial charge in [0.15, 0.2) is 0 Å². The number of nitrogens with two attached hydrogens (primary N) is 1. The predicted molar refractivity (Wildman–Crippen MR) is 59.2 cm³/mol. The largest absolute Gasteiger partial charge is 0.338 e. The molecule has 4 heteroatoms. The van der Waals surface area contributed by atoms with Gasteiger partial charge in [-0.15, -0.1) is 0 Å². The van der Waals surface area contributed by atoms with E-state index in [1.807, 2.05) is 6.92 Å². The van der Waals surface area contributed by atoms with Crippen molar-refractivity contribution < 1.29 is 4.79 Å². The van der Waals surface area contributed by atoms with Gasteiger partial charge >= 0.3 is 6.03 Å². The number of hydrogen-bond acceptors (Lipinski definition) is 2. The second-order valence-electron chi connectivity index (χ2n) is 3.66. The summed E-state index contributed by atoms with van der Waals surface area (Å²) in [5, 5.41) is 5.58. The van der Waals surface area contributed by atoms with E-state index in [-0.39, 0.29) is 12.1 Å². The van der Waals surface area contributed by atoms with E-state index in [4.69, 9.17) is 5.73 Å². The van der Waals surface area contributed by atoms with Crippen molar-refractivity contribution in [3.8, 4) is 0 Å². The first-order valence-electron chi connectivity index (χ1n) is 5.44. The zero-order chi connectivity index (χ0) is 10.8. The molecular formula is C10H23N3O. The van der Waals surface area contributed by atoms with Crippen LogP contribution in [0.4, 0.5) is 4.79 Å². The second-order valence-corrected chi connectivity index (χ2v) is 3.66. The van der Waals surface area contributed by atoms with Crippen LogP contribution in [0.3, 0.4) is 0 Å². The first kappa shape index (κ1) is 13.2. The molecule has 14 heavy (non-hydrogen) atoms. The molecule has 0 aromatic carbocycles. The van der Waals surface area contributed by atoms with Crippen LogP contribution in [0.5, 0.6) is 0 Å². The van der Waals surface area contributed by atoms with E-state index in [1.54, 1.807) is 0 Å². The van der Waals surface area contributed by atoms with Crippen molar-refractivity contribution >= 4 is 6.03 Å². The Hall–Kier alpha value is -0.770. The highest BCUT2D eigenvalue weighted by Crippen LogP contribution is 1.90. The van der Waals surface area contributed by atoms with Gasteiger partial charge < -0.3 is 16.4 Å². The van der Waals surface area contributed by atoms with E-state index in [0.717, 1.165) is 32.2 Å². The summed E-state index contributed by atoms with van der Waals surface area (Å²) in [6.07, 6.45) is 4.03. The van der Waals surface area contributed by atoms with Crippen molar-refractivity contribution in [1.82, 2.24) is 10.6 Å². The summed E-state index contributed by atoms with van der Waals surface area (Å²) in [4.78, 5) is 11.1. The monoisotopic (exact) mass is 201 g/mol. The van der Waals surface area contributed by atoms with Crippen LogP contribution in [0.1, 0.15) is 39.5 Å². The number of unbranched alkanes of at least 4 members (excludes halogenated alkanes) is 1. The lowest BCUT2D eigenvalue weighted by Gasteiger charge is -2.07. The first-order chi connectivity index (χ1) is 6.66. The van der Waals surface area contributed by atoms with E-state index in [1.165, 1.54) is 0 Å². The lowest BCUT2D eigenvalue weighted by molar-refractivity contribution is 0.240. The minimum Gasteiger partial charge on any atom is -0.338 e. The Labute approximate surface area is 86.6 Å². The maximum Gasteiger partial charge on any atom is 0.314 e. The van der Waals surface area contributed by atoms with E-state index < -0.39 is 0 Å². The Morgan fingerprint density at radius 1 is 1.29 bits per heavy atom. The first-order valence-corrected chi connectivity index (χ1v) is 5.44. The molecule has 4 nitrogen and oxygen atoms in total. The third kappa shape index (κ3) is 9.32. The van der Waals surface area contributed by atoms with Gasteiger partial charge in [0.25, 0.3) is 0 Å². The summed E-state index contributed by atoms with van der Waals surface area (Å²) in [6, 6.07) is 0.156. The molecule has 84 valence electrons. The summed E-state index contributed by atoms with van der Waals surface area (Å²) in [6.45, 7) is 5.54. The van der Waals surface area contributed by atoms with Gasteiger partial charge in [-0.2, -0.15) is 0 Å². The molecule has 2 amide bonds. The van der Waals surface area contributed by atoms with Crippen LogP contribution in [0.15, 0.2) is 0 Å². The second kappa shape index (κ2) is 8.81. The Morgan fingerprint density at radius 3 is 2.36 bits per heavy atom. The van der Waals surface area contributed by atoms with Gasteiger partial charge in [-0.05, 0) is 26.2 Å².